The maximum absolute atomic E-state index is 5.26. The first-order chi connectivity index (χ1) is 69.5. The summed E-state index contributed by atoms with van der Waals surface area (Å²) in [6.45, 7) is 0. The van der Waals surface area contributed by atoms with Crippen molar-refractivity contribution >= 4 is 153 Å². The highest BCUT2D eigenvalue weighted by molar-refractivity contribution is 6.29. The molecule has 0 spiro atoms. The summed E-state index contributed by atoms with van der Waals surface area (Å²) in [4.78, 5) is 39.2. The molecule has 0 radical (unpaired) electrons. The van der Waals surface area contributed by atoms with Crippen LogP contribution in [0.5, 0.6) is 0 Å². The van der Waals surface area contributed by atoms with Crippen LogP contribution in [0.1, 0.15) is 89.0 Å². The van der Waals surface area contributed by atoms with Crippen molar-refractivity contribution in [2.24, 2.45) is 0 Å². The van der Waals surface area contributed by atoms with Crippen LogP contribution in [0.4, 0.5) is 0 Å². The number of para-hydroxylation sites is 8. The van der Waals surface area contributed by atoms with Crippen LogP contribution < -0.4 is 0 Å². The molecule has 0 unspecified atom stereocenters. The Kier molecular flexibility index (Phi) is 15.0. The molecule has 12 aromatic heterocycles. The Morgan fingerprint density at radius 2 is 0.364 bits per heavy atom. The number of benzene rings is 16. The molecular formula is C128H76N12. The fraction of sp³-hybridized carbons (Fsp3) is 0.0625. The Labute approximate surface area is 799 Å². The van der Waals surface area contributed by atoms with E-state index in [0.29, 0.717) is 0 Å². The van der Waals surface area contributed by atoms with E-state index in [1.165, 1.54) is 243 Å². The summed E-state index contributed by atoms with van der Waals surface area (Å²) in [5.41, 5.74) is 62.4. The summed E-state index contributed by atoms with van der Waals surface area (Å²) in [6.07, 6.45) is 23.5. The predicted molar refractivity (Wildman–Crippen MR) is 568 cm³/mol. The number of nitrogens with zero attached hydrogens (tertiary/aromatic N) is 12. The molecule has 0 saturated heterocycles. The van der Waals surface area contributed by atoms with E-state index >= 15 is 0 Å². The summed E-state index contributed by atoms with van der Waals surface area (Å²) in [5, 5.41) is 15.5. The fourth-order valence-electron chi connectivity index (χ4n) is 27.1. The van der Waals surface area contributed by atoms with Crippen LogP contribution in [0.15, 0.2) is 365 Å². The number of fused-ring (bicyclic) bond motifs is 68. The molecule has 140 heavy (non-hydrogen) atoms. The maximum Gasteiger partial charge on any atom is 0.147 e. The Morgan fingerprint density at radius 1 is 0.157 bits per heavy atom. The molecule has 12 heterocycles. The van der Waals surface area contributed by atoms with Crippen LogP contribution in [-0.2, 0) is 51.4 Å². The van der Waals surface area contributed by atoms with Crippen molar-refractivity contribution in [3.63, 3.8) is 0 Å². The maximum atomic E-state index is 5.26. The molecule has 28 aromatic rings. The Hall–Kier alpha value is -18.0. The Balaban J connectivity index is 0.0000000829. The van der Waals surface area contributed by atoms with E-state index in [2.05, 4.69) is 353 Å². The van der Waals surface area contributed by atoms with Crippen molar-refractivity contribution in [1.29, 1.82) is 0 Å². The predicted octanol–water partition coefficient (Wildman–Crippen LogP) is 29.3. The number of hydrogen-bond donors (Lipinski definition) is 0. The number of hydrogen-bond acceptors (Lipinski definition) is 8. The van der Waals surface area contributed by atoms with Gasteiger partial charge < -0.3 is 0 Å². The lowest BCUT2D eigenvalue weighted by atomic mass is 9.88. The van der Waals surface area contributed by atoms with Gasteiger partial charge in [0.1, 0.15) is 22.6 Å². The fourth-order valence-corrected chi connectivity index (χ4v) is 27.1. The van der Waals surface area contributed by atoms with Crippen LogP contribution >= 0.6 is 0 Å². The first kappa shape index (κ1) is 75.3. The van der Waals surface area contributed by atoms with E-state index in [1.807, 2.05) is 49.6 Å². The smallest absolute Gasteiger partial charge is 0.147 e. The molecule has 12 heteroatoms. The third-order valence-electron chi connectivity index (χ3n) is 32.4. The highest BCUT2D eigenvalue weighted by Crippen LogP contribution is 2.61. The van der Waals surface area contributed by atoms with E-state index in [1.54, 1.807) is 0 Å². The number of aromatic nitrogens is 12. The van der Waals surface area contributed by atoms with Crippen LogP contribution in [0.2, 0.25) is 0 Å². The third-order valence-corrected chi connectivity index (χ3v) is 32.4. The van der Waals surface area contributed by atoms with Crippen molar-refractivity contribution < 1.29 is 0 Å². The van der Waals surface area contributed by atoms with Crippen molar-refractivity contribution in [2.75, 3.05) is 0 Å². The zero-order chi connectivity index (χ0) is 90.7. The van der Waals surface area contributed by atoms with Crippen molar-refractivity contribution in [2.45, 2.75) is 51.4 Å². The topological polar surface area (TPSA) is 121 Å². The molecule has 8 aliphatic rings. The van der Waals surface area contributed by atoms with Gasteiger partial charge >= 0.3 is 0 Å². The molecule has 8 aliphatic carbocycles. The minimum atomic E-state index is 0.937. The SMILES string of the molecule is c1ccc2c(c1)Cc1c-2c2c(c3c1c1ccncc1n1c4ccccc4nc31)-c1ccccc1C2.c1ccc2c(c1)Cc1c-2c2c(c3c1c1ccncc1n1c4ccccc4nc31)Cc1ccccc1-2.c1ccc2c(c1)Cc1c-2c2c(c3c4ccncc4n4c5ccccc5nc4c13)-c1ccccc1C2.c1ccc2c(c1)Cc1c3c(c4c(c1-2)c1ccncc1n1c2ccccc2nc41)-c1ccccc1C3. The number of imidazole rings is 4. The Morgan fingerprint density at radius 3 is 0.707 bits per heavy atom. The second-order valence-corrected chi connectivity index (χ2v) is 39.1. The molecule has 0 fully saturated rings. The van der Waals surface area contributed by atoms with Gasteiger partial charge in [0.2, 0.25) is 0 Å². The van der Waals surface area contributed by atoms with Gasteiger partial charge in [-0.1, -0.05) is 243 Å². The zero-order valence-corrected chi connectivity index (χ0v) is 75.7. The van der Waals surface area contributed by atoms with Gasteiger partial charge in [-0.15, -0.1) is 0 Å². The van der Waals surface area contributed by atoms with Crippen LogP contribution in [0.25, 0.3) is 242 Å². The van der Waals surface area contributed by atoms with Gasteiger partial charge in [0.15, 0.2) is 0 Å². The van der Waals surface area contributed by atoms with Crippen molar-refractivity contribution in [3.8, 4) is 89.0 Å². The van der Waals surface area contributed by atoms with E-state index in [9.17, 15) is 0 Å². The second kappa shape index (κ2) is 27.9. The first-order valence-electron chi connectivity index (χ1n) is 48.8. The van der Waals surface area contributed by atoms with E-state index in [4.69, 9.17) is 19.9 Å². The molecule has 36 rings (SSSR count). The van der Waals surface area contributed by atoms with Crippen LogP contribution in [0.3, 0.4) is 0 Å². The highest BCUT2D eigenvalue weighted by atomic mass is 15.1. The Bertz CT molecular complexity index is 10700. The minimum Gasteiger partial charge on any atom is -0.290 e. The summed E-state index contributed by atoms with van der Waals surface area (Å²) in [7, 11) is 0. The molecule has 0 bridgehead atoms. The first-order valence-corrected chi connectivity index (χ1v) is 48.8. The third kappa shape index (κ3) is 9.91. The molecule has 16 aromatic carbocycles. The van der Waals surface area contributed by atoms with Gasteiger partial charge in [-0.3, -0.25) is 37.5 Å². The molecular weight excluding hydrogens is 1710 g/mol. The van der Waals surface area contributed by atoms with Gasteiger partial charge in [-0.2, -0.15) is 0 Å². The molecule has 0 atom stereocenters. The van der Waals surface area contributed by atoms with Crippen molar-refractivity contribution in [1.82, 2.24) is 57.5 Å². The molecule has 0 amide bonds. The van der Waals surface area contributed by atoms with E-state index < -0.39 is 0 Å². The lowest BCUT2D eigenvalue weighted by Crippen LogP contribution is -1.99. The van der Waals surface area contributed by atoms with Gasteiger partial charge in [0, 0.05) is 78.6 Å². The van der Waals surface area contributed by atoms with Gasteiger partial charge in [-0.05, 0) is 313 Å². The van der Waals surface area contributed by atoms with Gasteiger partial charge in [-0.25, -0.2) is 19.9 Å². The number of rotatable bonds is 0. The largest absolute Gasteiger partial charge is 0.290 e. The minimum absolute atomic E-state index is 0.937. The summed E-state index contributed by atoms with van der Waals surface area (Å²) in [6, 6.07) is 114. The summed E-state index contributed by atoms with van der Waals surface area (Å²) in [5.74, 6) is 0. The van der Waals surface area contributed by atoms with Crippen molar-refractivity contribution in [3.05, 3.63) is 454 Å². The van der Waals surface area contributed by atoms with Crippen LogP contribution in [0, 0.1) is 0 Å². The summed E-state index contributed by atoms with van der Waals surface area (Å²) < 4.78 is 9.32. The molecule has 0 aliphatic heterocycles. The lowest BCUT2D eigenvalue weighted by Gasteiger charge is -2.18. The highest BCUT2D eigenvalue weighted by Gasteiger charge is 2.41. The monoisotopic (exact) mass is 1780 g/mol. The van der Waals surface area contributed by atoms with Crippen LogP contribution in [-0.4, -0.2) is 57.5 Å². The molecule has 0 saturated carbocycles. The normalized spacial score (nSPS) is 13.5. The zero-order valence-electron chi connectivity index (χ0n) is 75.7. The average molecular weight is 1780 g/mol. The number of pyridine rings is 8. The molecule has 648 valence electrons. The van der Waals surface area contributed by atoms with E-state index in [0.717, 1.165) is 140 Å². The average Bonchev–Trinajstić information content (AvgIpc) is 1.54. The molecule has 0 N–H and O–H groups in total. The summed E-state index contributed by atoms with van der Waals surface area (Å²) >= 11 is 0. The standard InChI is InChI=1S/4C32H19N3/c1-3-9-20-18(7-1)16-24-28(20)23-15-19-8-2-4-10-21(19)29(23)30-22-13-14-33-17-27(22)35-26-12-6-5-11-25(26)34-32(35)31(24)30;1-3-9-20-18(7-1)15-24-28(20)23-16-19-8-2-4-10-21(19)29(23)31-30(24)22-13-14-33-17-27(22)35-26-12-6-5-11-25(26)34-32(31)35;1-3-9-20-18(7-1)15-23-28(20)29-21-10-4-2-8-19(21)16-24(29)31-30(23)22-13-14-33-17-27(22)35-26-12-6-5-11-25(26)34-32(31)35;1-3-9-20-18(7-1)15-23-24-16-19-8-2-4-10-21(19)29(24)31-30(28(20)23)22-13-14-33-17-27(22)35-26-12-6-5-11-25(26)34-32(31)35/h4*1-14,17H,15-16H2. The van der Waals surface area contributed by atoms with Gasteiger partial charge in [0.05, 0.1) is 91.0 Å². The van der Waals surface area contributed by atoms with Gasteiger partial charge in [0.25, 0.3) is 0 Å². The second-order valence-electron chi connectivity index (χ2n) is 39.1. The van der Waals surface area contributed by atoms with E-state index in [-0.39, 0.29) is 0 Å². The lowest BCUT2D eigenvalue weighted by molar-refractivity contribution is 1.17. The quantitative estimate of drug-likeness (QED) is 0.138. The molecule has 12 nitrogen and oxygen atoms in total.